The summed E-state index contributed by atoms with van der Waals surface area (Å²) in [6.07, 6.45) is 6.98. The predicted octanol–water partition coefficient (Wildman–Crippen LogP) is 4.09. The Morgan fingerprint density at radius 2 is 1.94 bits per heavy atom. The Kier molecular flexibility index (Phi) is 6.01. The molecule has 1 fully saturated rings. The van der Waals surface area contributed by atoms with Gasteiger partial charge in [0, 0.05) is 17.2 Å². The van der Waals surface area contributed by atoms with E-state index in [4.69, 9.17) is 0 Å². The van der Waals surface area contributed by atoms with Crippen LogP contribution in [0.1, 0.15) is 32.1 Å². The fourth-order valence-electron chi connectivity index (χ4n) is 2.49. The molecule has 0 amide bonds. The second kappa shape index (κ2) is 7.80. The molecular weight excluding hydrogens is 245 g/mol. The summed E-state index contributed by atoms with van der Waals surface area (Å²) in [5.74, 6) is 1.71. The van der Waals surface area contributed by atoms with Crippen molar-refractivity contribution >= 4 is 11.8 Å². The van der Waals surface area contributed by atoms with Gasteiger partial charge in [0.25, 0.3) is 0 Å². The molecule has 0 unspecified atom stereocenters. The summed E-state index contributed by atoms with van der Waals surface area (Å²) in [4.78, 5) is 0.761. The molecule has 18 heavy (non-hydrogen) atoms. The van der Waals surface area contributed by atoms with E-state index in [-0.39, 0.29) is 5.82 Å². The maximum absolute atomic E-state index is 13.3. The Morgan fingerprint density at radius 3 is 2.72 bits per heavy atom. The highest BCUT2D eigenvalue weighted by molar-refractivity contribution is 7.99. The molecule has 1 nitrogen and oxygen atoms in total. The van der Waals surface area contributed by atoms with Crippen LogP contribution in [0.2, 0.25) is 0 Å². The van der Waals surface area contributed by atoms with E-state index in [1.807, 2.05) is 12.1 Å². The summed E-state index contributed by atoms with van der Waals surface area (Å²) in [6, 6.07) is 7.00. The van der Waals surface area contributed by atoms with Gasteiger partial charge in [-0.2, -0.15) is 0 Å². The number of nitrogens with one attached hydrogen (secondary N) is 1. The Bertz CT molecular complexity index is 350. The van der Waals surface area contributed by atoms with Gasteiger partial charge in [-0.05, 0) is 37.4 Å². The molecule has 1 aliphatic carbocycles. The van der Waals surface area contributed by atoms with E-state index in [0.29, 0.717) is 0 Å². The van der Waals surface area contributed by atoms with Crippen molar-refractivity contribution in [3.05, 3.63) is 30.1 Å². The molecule has 1 N–H and O–H groups in total. The Balaban J connectivity index is 1.57. The standard InChI is InChI=1S/C15H22FNS/c16-14-8-4-5-9-15(14)18-11-10-17-12-13-6-2-1-3-7-13/h4-5,8-9,13,17H,1-3,6-7,10-12H2. The highest BCUT2D eigenvalue weighted by atomic mass is 32.2. The van der Waals surface area contributed by atoms with Gasteiger partial charge in [-0.3, -0.25) is 0 Å². The molecule has 1 aromatic rings. The largest absolute Gasteiger partial charge is 0.316 e. The Labute approximate surface area is 114 Å². The molecule has 0 bridgehead atoms. The molecule has 0 heterocycles. The zero-order chi connectivity index (χ0) is 12.6. The number of hydrogen-bond acceptors (Lipinski definition) is 2. The first-order chi connectivity index (χ1) is 8.86. The van der Waals surface area contributed by atoms with Crippen LogP contribution in [0.25, 0.3) is 0 Å². The topological polar surface area (TPSA) is 12.0 Å². The molecule has 100 valence electrons. The minimum Gasteiger partial charge on any atom is -0.316 e. The second-order valence-corrected chi connectivity index (χ2v) is 6.12. The van der Waals surface area contributed by atoms with Gasteiger partial charge in [0.2, 0.25) is 0 Å². The van der Waals surface area contributed by atoms with E-state index in [1.165, 1.54) is 38.2 Å². The summed E-state index contributed by atoms with van der Waals surface area (Å²) in [5.41, 5.74) is 0. The molecule has 1 aromatic carbocycles. The van der Waals surface area contributed by atoms with E-state index in [0.717, 1.165) is 29.7 Å². The number of halogens is 1. The molecule has 0 aromatic heterocycles. The number of benzene rings is 1. The van der Waals surface area contributed by atoms with Crippen molar-refractivity contribution in [3.63, 3.8) is 0 Å². The highest BCUT2D eigenvalue weighted by Crippen LogP contribution is 2.23. The normalized spacial score (nSPS) is 16.9. The lowest BCUT2D eigenvalue weighted by Crippen LogP contribution is -2.26. The van der Waals surface area contributed by atoms with E-state index < -0.39 is 0 Å². The van der Waals surface area contributed by atoms with Crippen molar-refractivity contribution in [3.8, 4) is 0 Å². The molecule has 0 atom stereocenters. The third-order valence-corrected chi connectivity index (χ3v) is 4.58. The molecule has 0 spiro atoms. The van der Waals surface area contributed by atoms with E-state index in [9.17, 15) is 4.39 Å². The summed E-state index contributed by atoms with van der Waals surface area (Å²) < 4.78 is 13.3. The van der Waals surface area contributed by atoms with E-state index in [2.05, 4.69) is 5.32 Å². The lowest BCUT2D eigenvalue weighted by molar-refractivity contribution is 0.345. The van der Waals surface area contributed by atoms with Gasteiger partial charge < -0.3 is 5.32 Å². The molecule has 2 rings (SSSR count). The summed E-state index contributed by atoms with van der Waals surface area (Å²) in [6.45, 7) is 2.10. The monoisotopic (exact) mass is 267 g/mol. The highest BCUT2D eigenvalue weighted by Gasteiger charge is 2.12. The second-order valence-electron chi connectivity index (χ2n) is 4.99. The molecule has 1 aliphatic rings. The molecule has 0 aliphatic heterocycles. The van der Waals surface area contributed by atoms with Crippen LogP contribution < -0.4 is 5.32 Å². The average Bonchev–Trinajstić information content (AvgIpc) is 2.42. The van der Waals surface area contributed by atoms with Gasteiger partial charge in [0.05, 0.1) is 0 Å². The third kappa shape index (κ3) is 4.62. The number of rotatable bonds is 6. The molecule has 3 heteroatoms. The fourth-order valence-corrected chi connectivity index (χ4v) is 3.34. The van der Waals surface area contributed by atoms with Gasteiger partial charge in [-0.1, -0.05) is 31.4 Å². The Hall–Kier alpha value is -0.540. The van der Waals surface area contributed by atoms with Crippen LogP contribution in [0.5, 0.6) is 0 Å². The van der Waals surface area contributed by atoms with Crippen LogP contribution in [-0.2, 0) is 0 Å². The summed E-state index contributed by atoms with van der Waals surface area (Å²) in [7, 11) is 0. The minimum absolute atomic E-state index is 0.102. The maximum Gasteiger partial charge on any atom is 0.136 e. The van der Waals surface area contributed by atoms with Crippen LogP contribution in [0.3, 0.4) is 0 Å². The lowest BCUT2D eigenvalue weighted by atomic mass is 9.89. The van der Waals surface area contributed by atoms with Crippen LogP contribution >= 0.6 is 11.8 Å². The van der Waals surface area contributed by atoms with Crippen molar-refractivity contribution in [2.45, 2.75) is 37.0 Å². The van der Waals surface area contributed by atoms with E-state index >= 15 is 0 Å². The van der Waals surface area contributed by atoms with E-state index in [1.54, 1.807) is 17.8 Å². The van der Waals surface area contributed by atoms with Crippen LogP contribution in [0, 0.1) is 11.7 Å². The predicted molar refractivity (Wildman–Crippen MR) is 76.6 cm³/mol. The summed E-state index contributed by atoms with van der Waals surface area (Å²) in [5, 5.41) is 3.50. The zero-order valence-electron chi connectivity index (χ0n) is 10.8. The maximum atomic E-state index is 13.3. The minimum atomic E-state index is -0.102. The van der Waals surface area contributed by atoms with Crippen molar-refractivity contribution < 1.29 is 4.39 Å². The fraction of sp³-hybridized carbons (Fsp3) is 0.600. The number of hydrogen-bond donors (Lipinski definition) is 1. The van der Waals surface area contributed by atoms with Crippen molar-refractivity contribution in [2.24, 2.45) is 5.92 Å². The summed E-state index contributed by atoms with van der Waals surface area (Å²) >= 11 is 1.60. The first-order valence-electron chi connectivity index (χ1n) is 6.94. The van der Waals surface area contributed by atoms with Crippen molar-refractivity contribution in [1.82, 2.24) is 5.32 Å². The molecule has 1 saturated carbocycles. The quantitative estimate of drug-likeness (QED) is 0.615. The average molecular weight is 267 g/mol. The zero-order valence-corrected chi connectivity index (χ0v) is 11.6. The SMILES string of the molecule is Fc1ccccc1SCCNCC1CCCCC1. The Morgan fingerprint density at radius 1 is 1.17 bits per heavy atom. The third-order valence-electron chi connectivity index (χ3n) is 3.53. The smallest absolute Gasteiger partial charge is 0.136 e. The van der Waals surface area contributed by atoms with Crippen molar-refractivity contribution in [1.29, 1.82) is 0 Å². The van der Waals surface area contributed by atoms with Crippen LogP contribution in [0.4, 0.5) is 4.39 Å². The molecule has 0 saturated heterocycles. The van der Waals surface area contributed by atoms with Gasteiger partial charge in [0.15, 0.2) is 0 Å². The van der Waals surface area contributed by atoms with Gasteiger partial charge >= 0.3 is 0 Å². The van der Waals surface area contributed by atoms with Crippen molar-refractivity contribution in [2.75, 3.05) is 18.8 Å². The van der Waals surface area contributed by atoms with Gasteiger partial charge in [-0.15, -0.1) is 11.8 Å². The lowest BCUT2D eigenvalue weighted by Gasteiger charge is -2.21. The van der Waals surface area contributed by atoms with Gasteiger partial charge in [0.1, 0.15) is 5.82 Å². The first kappa shape index (κ1) is 13.9. The van der Waals surface area contributed by atoms with Crippen LogP contribution in [-0.4, -0.2) is 18.8 Å². The van der Waals surface area contributed by atoms with Gasteiger partial charge in [-0.25, -0.2) is 4.39 Å². The molecule has 0 radical (unpaired) electrons. The number of thioether (sulfide) groups is 1. The first-order valence-corrected chi connectivity index (χ1v) is 7.93. The van der Waals surface area contributed by atoms with Crippen LogP contribution in [0.15, 0.2) is 29.2 Å². The molecular formula is C15H22FNS.